The lowest BCUT2D eigenvalue weighted by atomic mass is 9.95. The third kappa shape index (κ3) is 6.94. The quantitative estimate of drug-likeness (QED) is 0.244. The van der Waals surface area contributed by atoms with Gasteiger partial charge in [0.2, 0.25) is 23.0 Å². The molecule has 0 unspecified atom stereocenters. The zero-order chi connectivity index (χ0) is 33.7. The van der Waals surface area contributed by atoms with Gasteiger partial charge in [0.15, 0.2) is 22.3 Å². The van der Waals surface area contributed by atoms with Gasteiger partial charge in [-0.05, 0) is 60.6 Å². The van der Waals surface area contributed by atoms with E-state index in [1.165, 1.54) is 34.3 Å². The Bertz CT molecular complexity index is 1710. The van der Waals surface area contributed by atoms with E-state index in [4.69, 9.17) is 18.9 Å². The third-order valence-corrected chi connectivity index (χ3v) is 9.01. The molecular formula is C33H40N4O8S. The highest BCUT2D eigenvalue weighted by molar-refractivity contribution is 7.16. The van der Waals surface area contributed by atoms with Crippen molar-refractivity contribution in [2.24, 2.45) is 5.92 Å². The van der Waals surface area contributed by atoms with Gasteiger partial charge < -0.3 is 34.9 Å². The van der Waals surface area contributed by atoms with Crippen molar-refractivity contribution in [2.75, 3.05) is 39.1 Å². The Balaban J connectivity index is 1.83. The number of hydrogen-bond acceptors (Lipinski definition) is 11. The summed E-state index contributed by atoms with van der Waals surface area (Å²) in [5.74, 6) is -0.0764. The fourth-order valence-corrected chi connectivity index (χ4v) is 6.42. The molecule has 4 rings (SSSR count). The van der Waals surface area contributed by atoms with E-state index in [0.29, 0.717) is 52.5 Å². The fourth-order valence-electron chi connectivity index (χ4n) is 5.62. The molecule has 3 atom stereocenters. The lowest BCUT2D eigenvalue weighted by Gasteiger charge is -2.23. The van der Waals surface area contributed by atoms with Crippen molar-refractivity contribution >= 4 is 39.9 Å². The summed E-state index contributed by atoms with van der Waals surface area (Å²) in [5, 5.41) is 9.22. The van der Waals surface area contributed by atoms with Gasteiger partial charge in [-0.1, -0.05) is 26.3 Å². The molecule has 46 heavy (non-hydrogen) atoms. The van der Waals surface area contributed by atoms with E-state index >= 15 is 0 Å². The summed E-state index contributed by atoms with van der Waals surface area (Å²) < 4.78 is 21.9. The number of methoxy groups -OCH3 is 4. The molecule has 3 aromatic rings. The van der Waals surface area contributed by atoms with Crippen molar-refractivity contribution in [1.29, 1.82) is 0 Å². The molecular weight excluding hydrogens is 612 g/mol. The number of aromatic nitrogens is 1. The van der Waals surface area contributed by atoms with Crippen molar-refractivity contribution < 1.29 is 33.3 Å². The Kier molecular flexibility index (Phi) is 10.9. The van der Waals surface area contributed by atoms with Crippen LogP contribution >= 0.6 is 11.3 Å². The van der Waals surface area contributed by atoms with E-state index in [2.05, 4.69) is 20.9 Å². The first-order valence-electron chi connectivity index (χ1n) is 14.9. The molecule has 0 saturated heterocycles. The van der Waals surface area contributed by atoms with Gasteiger partial charge in [0, 0.05) is 17.4 Å². The van der Waals surface area contributed by atoms with Crippen LogP contribution < -0.4 is 35.6 Å². The number of nitrogens with one attached hydrogen (secondary N) is 3. The molecule has 0 saturated carbocycles. The maximum Gasteiger partial charge on any atom is 0.357 e. The van der Waals surface area contributed by atoms with Crippen molar-refractivity contribution in [3.63, 3.8) is 0 Å². The Morgan fingerprint density at radius 2 is 1.78 bits per heavy atom. The van der Waals surface area contributed by atoms with Crippen LogP contribution in [0.1, 0.15) is 66.1 Å². The second kappa shape index (κ2) is 14.6. The standard InChI is InChI=1S/C33H40N4O8S/c1-9-16(2)27(31(40)37-33-36-28(17(3)46-33)32(41)45-8)35-23-13-11-20-21(15-24(23)39)22(34-18(4)38)12-10-19-14-25(42-5)29(43-6)30(44-7)26(19)20/h11,13-16,22,27H,9-10,12H2,1-8H3,(H,34,38)(H,35,39)(H,36,37,40)/t16-,22-,27+/m0/s1. The van der Waals surface area contributed by atoms with Gasteiger partial charge in [0.25, 0.3) is 0 Å². The number of ether oxygens (including phenoxy) is 4. The predicted molar refractivity (Wildman–Crippen MR) is 176 cm³/mol. The molecule has 12 nitrogen and oxygen atoms in total. The van der Waals surface area contributed by atoms with Crippen LogP contribution in [-0.4, -0.2) is 57.2 Å². The van der Waals surface area contributed by atoms with Gasteiger partial charge in [-0.3, -0.25) is 14.4 Å². The molecule has 2 amide bonds. The normalized spacial score (nSPS) is 14.8. The lowest BCUT2D eigenvalue weighted by molar-refractivity contribution is -0.120. The highest BCUT2D eigenvalue weighted by Crippen LogP contribution is 2.50. The van der Waals surface area contributed by atoms with E-state index in [0.717, 1.165) is 22.5 Å². The van der Waals surface area contributed by atoms with Gasteiger partial charge in [-0.15, -0.1) is 11.3 Å². The average Bonchev–Trinajstić information content (AvgIpc) is 3.24. The smallest absolute Gasteiger partial charge is 0.357 e. The summed E-state index contributed by atoms with van der Waals surface area (Å²) >= 11 is 1.16. The molecule has 3 N–H and O–H groups in total. The Labute approximate surface area is 271 Å². The number of carbonyl (C=O) groups excluding carboxylic acids is 3. The van der Waals surface area contributed by atoms with Gasteiger partial charge in [0.05, 0.1) is 40.2 Å². The number of rotatable bonds is 11. The maximum atomic E-state index is 13.9. The monoisotopic (exact) mass is 652 g/mol. The van der Waals surface area contributed by atoms with Crippen molar-refractivity contribution in [3.05, 3.63) is 56.2 Å². The minimum absolute atomic E-state index is 0.132. The largest absolute Gasteiger partial charge is 0.493 e. The second-order valence-electron chi connectivity index (χ2n) is 11.0. The summed E-state index contributed by atoms with van der Waals surface area (Å²) in [6.07, 6.45) is 1.72. The molecule has 2 aromatic carbocycles. The Morgan fingerprint density at radius 1 is 1.07 bits per heavy atom. The van der Waals surface area contributed by atoms with Crippen molar-refractivity contribution in [1.82, 2.24) is 10.3 Å². The molecule has 1 aliphatic carbocycles. The molecule has 0 fully saturated rings. The minimum atomic E-state index is -0.817. The first-order chi connectivity index (χ1) is 22.0. The second-order valence-corrected chi connectivity index (χ2v) is 12.2. The van der Waals surface area contributed by atoms with Crippen LogP contribution in [-0.2, 0) is 20.7 Å². The molecule has 0 radical (unpaired) electrons. The highest BCUT2D eigenvalue weighted by Gasteiger charge is 2.31. The molecule has 13 heteroatoms. The van der Waals surface area contributed by atoms with Crippen molar-refractivity contribution in [2.45, 2.75) is 59.0 Å². The molecule has 0 spiro atoms. The molecule has 0 bridgehead atoms. The third-order valence-electron chi connectivity index (χ3n) is 8.13. The fraction of sp³-hybridized carbons (Fsp3) is 0.424. The maximum absolute atomic E-state index is 13.9. The number of aryl methyl sites for hydroxylation is 2. The number of benzene rings is 1. The molecule has 1 aliphatic rings. The van der Waals surface area contributed by atoms with Gasteiger partial charge in [0.1, 0.15) is 6.04 Å². The van der Waals surface area contributed by atoms with Crippen LogP contribution in [0.4, 0.5) is 10.8 Å². The molecule has 1 heterocycles. The first kappa shape index (κ1) is 34.2. The predicted octanol–water partition coefficient (Wildman–Crippen LogP) is 4.88. The van der Waals surface area contributed by atoms with E-state index < -0.39 is 24.0 Å². The van der Waals surface area contributed by atoms with E-state index in [9.17, 15) is 19.2 Å². The van der Waals surface area contributed by atoms with Gasteiger partial charge in [-0.25, -0.2) is 9.78 Å². The SMILES string of the molecule is CC[C@H](C)[C@@H](Nc1ccc2c(cc1=O)[C@@H](NC(C)=O)CCc1cc(OC)c(OC)c(OC)c1-2)C(=O)Nc1nc(C(=O)OC)c(C)s1. The Hall–Kier alpha value is -4.65. The average molecular weight is 653 g/mol. The summed E-state index contributed by atoms with van der Waals surface area (Å²) in [4.78, 5) is 56.6. The number of hydrogen-bond donors (Lipinski definition) is 3. The first-order valence-corrected chi connectivity index (χ1v) is 15.7. The minimum Gasteiger partial charge on any atom is -0.493 e. The van der Waals surface area contributed by atoms with Crippen LogP contribution in [0.5, 0.6) is 17.2 Å². The highest BCUT2D eigenvalue weighted by atomic mass is 32.1. The number of amides is 2. The molecule has 1 aromatic heterocycles. The van der Waals surface area contributed by atoms with Crippen molar-refractivity contribution in [3.8, 4) is 28.4 Å². The summed E-state index contributed by atoms with van der Waals surface area (Å²) in [5.41, 5.74) is 2.87. The summed E-state index contributed by atoms with van der Waals surface area (Å²) in [6.45, 7) is 7.00. The zero-order valence-electron chi connectivity index (χ0n) is 27.3. The number of anilines is 2. The van der Waals surface area contributed by atoms with Crippen LogP contribution in [0.15, 0.2) is 29.1 Å². The number of fused-ring (bicyclic) bond motifs is 3. The van der Waals surface area contributed by atoms with Crippen LogP contribution in [0.3, 0.4) is 0 Å². The van der Waals surface area contributed by atoms with Gasteiger partial charge in [-0.2, -0.15) is 0 Å². The summed E-state index contributed by atoms with van der Waals surface area (Å²) in [7, 11) is 5.88. The molecule has 0 aliphatic heterocycles. The zero-order valence-corrected chi connectivity index (χ0v) is 28.1. The number of carbonyl (C=O) groups is 3. The van der Waals surface area contributed by atoms with Crippen LogP contribution in [0, 0.1) is 12.8 Å². The number of esters is 1. The van der Waals surface area contributed by atoms with E-state index in [1.54, 1.807) is 26.2 Å². The number of nitrogens with zero attached hydrogens (tertiary/aromatic N) is 1. The lowest BCUT2D eigenvalue weighted by Crippen LogP contribution is -2.40. The molecule has 246 valence electrons. The van der Waals surface area contributed by atoms with Crippen LogP contribution in [0.2, 0.25) is 0 Å². The van der Waals surface area contributed by atoms with E-state index in [-0.39, 0.29) is 33.8 Å². The topological polar surface area (TPSA) is 154 Å². The Morgan fingerprint density at radius 3 is 2.39 bits per heavy atom. The van der Waals surface area contributed by atoms with E-state index in [1.807, 2.05) is 19.9 Å². The van der Waals surface area contributed by atoms with Gasteiger partial charge >= 0.3 is 5.97 Å². The summed E-state index contributed by atoms with van der Waals surface area (Å²) in [6, 6.07) is 5.54. The number of thiazole rings is 1. The van der Waals surface area contributed by atoms with Crippen LogP contribution in [0.25, 0.3) is 11.1 Å².